The normalized spacial score (nSPS) is 17.6. The summed E-state index contributed by atoms with van der Waals surface area (Å²) in [7, 11) is 3.75. The summed E-state index contributed by atoms with van der Waals surface area (Å²) in [5.41, 5.74) is 5.75. The molecule has 2 aliphatic rings. The fourth-order valence-corrected chi connectivity index (χ4v) is 6.63. The van der Waals surface area contributed by atoms with Crippen LogP contribution in [0.5, 0.6) is 0 Å². The molecule has 8 nitrogen and oxygen atoms in total. The molecule has 1 amide bonds. The van der Waals surface area contributed by atoms with Gasteiger partial charge in [0.25, 0.3) is 0 Å². The first-order valence-electron chi connectivity index (χ1n) is 13.7. The highest BCUT2D eigenvalue weighted by Gasteiger charge is 2.32. The number of rotatable bonds is 11. The average molecular weight is 546 g/mol. The molecule has 0 bridgehead atoms. The van der Waals surface area contributed by atoms with Gasteiger partial charge < -0.3 is 20.9 Å². The molecule has 206 valence electrons. The van der Waals surface area contributed by atoms with Crippen LogP contribution in [0.1, 0.15) is 53.3 Å². The summed E-state index contributed by atoms with van der Waals surface area (Å²) in [6.45, 7) is 8.87. The molecule has 0 spiro atoms. The topological polar surface area (TPSA) is 105 Å². The Morgan fingerprint density at radius 3 is 2.79 bits per heavy atom. The summed E-state index contributed by atoms with van der Waals surface area (Å²) in [6.07, 6.45) is 8.30. The van der Waals surface area contributed by atoms with Crippen LogP contribution in [-0.4, -0.2) is 63.5 Å². The van der Waals surface area contributed by atoms with Crippen molar-refractivity contribution in [3.05, 3.63) is 51.5 Å². The molecule has 2 aromatic rings. The van der Waals surface area contributed by atoms with E-state index >= 15 is 0 Å². The predicted octanol–water partition coefficient (Wildman–Crippen LogP) is 4.72. The summed E-state index contributed by atoms with van der Waals surface area (Å²) in [5.74, 6) is 0.951. The van der Waals surface area contributed by atoms with Crippen molar-refractivity contribution in [1.29, 1.82) is 5.26 Å². The molecular formula is C30H39N7OS. The molecule has 1 unspecified atom stereocenters. The smallest absolute Gasteiger partial charge is 0.245 e. The Labute approximate surface area is 235 Å². The zero-order valence-electron chi connectivity index (χ0n) is 23.2. The molecule has 4 rings (SSSR count). The molecular weight excluding hydrogens is 506 g/mol. The first-order valence-corrected chi connectivity index (χ1v) is 14.6. The highest BCUT2D eigenvalue weighted by molar-refractivity contribution is 7.16. The number of thiophene rings is 1. The van der Waals surface area contributed by atoms with Crippen LogP contribution >= 0.6 is 11.3 Å². The predicted molar refractivity (Wildman–Crippen MR) is 163 cm³/mol. The van der Waals surface area contributed by atoms with Gasteiger partial charge in [0.2, 0.25) is 5.91 Å². The van der Waals surface area contributed by atoms with Crippen LogP contribution in [0.25, 0.3) is 5.57 Å². The van der Waals surface area contributed by atoms with Crippen molar-refractivity contribution in [3.8, 4) is 6.07 Å². The number of fused-ring (bicyclic) bond motifs is 1. The Balaban J connectivity index is 1.42. The Morgan fingerprint density at radius 1 is 1.33 bits per heavy atom. The molecule has 2 aliphatic heterocycles. The number of nitrogens with one attached hydrogen (secondary N) is 3. The molecule has 1 saturated heterocycles. The highest BCUT2D eigenvalue weighted by Crippen LogP contribution is 2.33. The first-order chi connectivity index (χ1) is 19.0. The van der Waals surface area contributed by atoms with Gasteiger partial charge in [-0.2, -0.15) is 5.26 Å². The van der Waals surface area contributed by atoms with E-state index in [2.05, 4.69) is 51.7 Å². The number of aliphatic imine (C=N–C) groups is 2. The van der Waals surface area contributed by atoms with Crippen LogP contribution in [-0.2, 0) is 24.2 Å². The number of allylic oxidation sites excluding steroid dienone is 1. The molecule has 3 N–H and O–H groups in total. The van der Waals surface area contributed by atoms with Crippen molar-refractivity contribution in [2.75, 3.05) is 44.4 Å². The van der Waals surface area contributed by atoms with E-state index in [9.17, 15) is 10.1 Å². The fourth-order valence-electron chi connectivity index (χ4n) is 5.47. The lowest BCUT2D eigenvalue weighted by atomic mass is 9.94. The van der Waals surface area contributed by atoms with Gasteiger partial charge in [-0.25, -0.2) is 0 Å². The molecule has 3 heterocycles. The molecule has 9 heteroatoms. The maximum Gasteiger partial charge on any atom is 0.245 e. The van der Waals surface area contributed by atoms with Gasteiger partial charge in [0.1, 0.15) is 17.1 Å². The van der Waals surface area contributed by atoms with Gasteiger partial charge in [0, 0.05) is 68.2 Å². The summed E-state index contributed by atoms with van der Waals surface area (Å²) in [5, 5.41) is 20.4. The number of amides is 1. The third kappa shape index (κ3) is 6.57. The highest BCUT2D eigenvalue weighted by atomic mass is 32.1. The number of benzene rings is 1. The summed E-state index contributed by atoms with van der Waals surface area (Å²) < 4.78 is 0. The summed E-state index contributed by atoms with van der Waals surface area (Å²) in [4.78, 5) is 25.1. The van der Waals surface area contributed by atoms with E-state index in [1.807, 2.05) is 37.3 Å². The zero-order chi connectivity index (χ0) is 27.8. The number of hydrogen-bond acceptors (Lipinski definition) is 8. The van der Waals surface area contributed by atoms with Crippen LogP contribution in [0.3, 0.4) is 0 Å². The second-order valence-corrected chi connectivity index (χ2v) is 11.2. The van der Waals surface area contributed by atoms with E-state index in [4.69, 9.17) is 0 Å². The van der Waals surface area contributed by atoms with Crippen LogP contribution in [0.2, 0.25) is 0 Å². The minimum atomic E-state index is -0.207. The standard InChI is InChI=1S/C30H39N7OS/c1-5-20-9-12-37(13-10-20)30(38)27-15-22-14-21(6-7-26(22)36-27)23(17-32-2)18-35-11-8-24-25(16-31)29(34-4)39-28(24)19-33-3/h6-7,14,17-18,20,27,33-34,36H,2,5,8-13,15,19H2,1,3-4H3/b23-17+,35-18-. The van der Waals surface area contributed by atoms with E-state index < -0.39 is 0 Å². The summed E-state index contributed by atoms with van der Waals surface area (Å²) in [6, 6.07) is 8.34. The van der Waals surface area contributed by atoms with Crippen LogP contribution in [0.15, 0.2) is 34.4 Å². The maximum atomic E-state index is 13.2. The number of nitrogens with zero attached hydrogens (tertiary/aromatic N) is 4. The third-order valence-electron chi connectivity index (χ3n) is 7.71. The van der Waals surface area contributed by atoms with Gasteiger partial charge in [0.05, 0.1) is 5.56 Å². The Kier molecular flexibility index (Phi) is 9.90. The first kappa shape index (κ1) is 28.5. The van der Waals surface area contributed by atoms with Crippen LogP contribution < -0.4 is 16.0 Å². The minimum absolute atomic E-state index is 0.205. The Hall–Kier alpha value is -3.48. The van der Waals surface area contributed by atoms with E-state index in [0.29, 0.717) is 24.9 Å². The largest absolute Gasteiger partial charge is 0.379 e. The molecule has 1 atom stereocenters. The quantitative estimate of drug-likeness (QED) is 0.355. The lowest BCUT2D eigenvalue weighted by molar-refractivity contribution is -0.133. The second-order valence-electron chi connectivity index (χ2n) is 10.1. The van der Waals surface area contributed by atoms with Crippen molar-refractivity contribution >= 4 is 46.4 Å². The molecule has 0 radical (unpaired) electrons. The Morgan fingerprint density at radius 2 is 2.13 bits per heavy atom. The van der Waals surface area contributed by atoms with Crippen molar-refractivity contribution in [2.24, 2.45) is 15.9 Å². The van der Waals surface area contributed by atoms with Gasteiger partial charge in [-0.1, -0.05) is 19.4 Å². The van der Waals surface area contributed by atoms with E-state index in [1.165, 1.54) is 6.42 Å². The number of piperidine rings is 1. The number of nitriles is 1. The molecule has 1 aromatic carbocycles. The number of likely N-dealkylation sites (tertiary alicyclic amines) is 1. The molecule has 39 heavy (non-hydrogen) atoms. The van der Waals surface area contributed by atoms with Crippen molar-refractivity contribution in [3.63, 3.8) is 0 Å². The molecule has 1 aromatic heterocycles. The Bertz CT molecular complexity index is 1280. The van der Waals surface area contributed by atoms with Gasteiger partial charge >= 0.3 is 0 Å². The summed E-state index contributed by atoms with van der Waals surface area (Å²) >= 11 is 1.61. The van der Waals surface area contributed by atoms with Gasteiger partial charge in [0.15, 0.2) is 0 Å². The van der Waals surface area contributed by atoms with Gasteiger partial charge in [-0.05, 0) is 67.8 Å². The van der Waals surface area contributed by atoms with Crippen molar-refractivity contribution in [2.45, 2.75) is 51.6 Å². The average Bonchev–Trinajstić information content (AvgIpc) is 3.55. The van der Waals surface area contributed by atoms with E-state index in [-0.39, 0.29) is 11.9 Å². The van der Waals surface area contributed by atoms with Crippen LogP contribution in [0, 0.1) is 17.2 Å². The monoisotopic (exact) mass is 545 g/mol. The van der Waals surface area contributed by atoms with E-state index in [1.54, 1.807) is 17.5 Å². The van der Waals surface area contributed by atoms with Gasteiger partial charge in [-0.3, -0.25) is 14.8 Å². The number of anilines is 2. The second kappa shape index (κ2) is 13.5. The molecule has 1 fully saturated rings. The molecule has 0 aliphatic carbocycles. The van der Waals surface area contributed by atoms with Crippen molar-refractivity contribution in [1.82, 2.24) is 10.2 Å². The lowest BCUT2D eigenvalue weighted by Gasteiger charge is -2.33. The number of hydrogen-bond donors (Lipinski definition) is 3. The lowest BCUT2D eigenvalue weighted by Crippen LogP contribution is -2.45. The maximum absolute atomic E-state index is 13.2. The zero-order valence-corrected chi connectivity index (χ0v) is 24.0. The number of carbonyl (C=O) groups excluding carboxylic acids is 1. The molecule has 0 saturated carbocycles. The minimum Gasteiger partial charge on any atom is -0.379 e. The van der Waals surface area contributed by atoms with E-state index in [0.717, 1.165) is 76.2 Å². The SMILES string of the molecule is C=N/C=C(\C=N/CCc1c(CNC)sc(NC)c1C#N)c1ccc2c(c1)CC(C(=O)N1CCC(CC)CC1)N2. The van der Waals surface area contributed by atoms with Crippen LogP contribution in [0.4, 0.5) is 10.7 Å². The third-order valence-corrected chi connectivity index (χ3v) is 8.96. The number of carbonyl (C=O) groups is 1. The van der Waals surface area contributed by atoms with Gasteiger partial charge in [-0.15, -0.1) is 11.3 Å². The van der Waals surface area contributed by atoms with Crippen molar-refractivity contribution < 1.29 is 4.79 Å². The fraction of sp³-hybridized carbons (Fsp3) is 0.467.